The Morgan fingerprint density at radius 1 is 1.03 bits per heavy atom. The van der Waals surface area contributed by atoms with Crippen molar-refractivity contribution in [2.24, 2.45) is 0 Å². The fourth-order valence-electron chi connectivity index (χ4n) is 4.26. The molecule has 0 aliphatic heterocycles. The maximum atomic E-state index is 5.65. The van der Waals surface area contributed by atoms with Gasteiger partial charge in [-0.15, -0.1) is 0 Å². The van der Waals surface area contributed by atoms with Crippen molar-refractivity contribution in [1.29, 1.82) is 0 Å². The second kappa shape index (κ2) is 13.3. The van der Waals surface area contributed by atoms with Crippen molar-refractivity contribution < 1.29 is 9.47 Å². The van der Waals surface area contributed by atoms with Crippen LogP contribution in [0.25, 0.3) is 11.0 Å². The first-order valence-electron chi connectivity index (χ1n) is 12.6. The van der Waals surface area contributed by atoms with E-state index < -0.39 is 7.92 Å². The molecule has 206 valence electrons. The molecule has 4 aromatic rings. The van der Waals surface area contributed by atoms with Crippen LogP contribution in [0.15, 0.2) is 41.3 Å². The number of pyridine rings is 1. The number of aromatic nitrogens is 5. The predicted molar refractivity (Wildman–Crippen MR) is 164 cm³/mol. The fourth-order valence-corrected chi connectivity index (χ4v) is 5.75. The van der Waals surface area contributed by atoms with Crippen molar-refractivity contribution in [1.82, 2.24) is 24.9 Å². The Balaban J connectivity index is 1.64. The van der Waals surface area contributed by atoms with Crippen LogP contribution < -0.4 is 25.6 Å². The van der Waals surface area contributed by atoms with E-state index >= 15 is 0 Å². The molecule has 1 aromatic carbocycles. The molecule has 0 atom stereocenters. The number of benzene rings is 1. The van der Waals surface area contributed by atoms with E-state index in [2.05, 4.69) is 66.7 Å². The SMILES string of the molecule is CCc1cc(Nc2ncc(Br)c(Nc3ccc4nccnc4c3P(C)C)n2)c(OC)nc1N(C)CCCOC. The van der Waals surface area contributed by atoms with Crippen molar-refractivity contribution >= 4 is 69.1 Å². The number of methoxy groups -OCH3 is 2. The van der Waals surface area contributed by atoms with E-state index in [1.807, 2.05) is 25.2 Å². The van der Waals surface area contributed by atoms with Crippen LogP contribution in [0.5, 0.6) is 5.88 Å². The third-order valence-electron chi connectivity index (χ3n) is 6.13. The minimum absolute atomic E-state index is 0.418. The second-order valence-electron chi connectivity index (χ2n) is 9.07. The minimum Gasteiger partial charge on any atom is -0.479 e. The number of halogens is 1. The zero-order valence-corrected chi connectivity index (χ0v) is 25.6. The van der Waals surface area contributed by atoms with Crippen LogP contribution in [-0.2, 0) is 11.2 Å². The molecule has 2 N–H and O–H groups in total. The van der Waals surface area contributed by atoms with Crippen LogP contribution >= 0.6 is 23.9 Å². The molecule has 0 spiro atoms. The van der Waals surface area contributed by atoms with Crippen LogP contribution in [-0.4, -0.2) is 72.7 Å². The summed E-state index contributed by atoms with van der Waals surface area (Å²) in [6.07, 6.45) is 6.88. The number of nitrogens with one attached hydrogen (secondary N) is 2. The standard InChI is InChI=1S/C27H34BrN8O2P/c1-7-17-15-21(26(38-4)35-25(17)36(2)13-8-14-37-3)33-27-31-16-18(28)24(34-27)32-20-10-9-19-22(23(20)39(5)6)30-12-11-29-19/h9-12,15-16H,7-8,13-14H2,1-6H3,(H2,31,32,33,34). The van der Waals surface area contributed by atoms with Crippen molar-refractivity contribution in [3.63, 3.8) is 0 Å². The van der Waals surface area contributed by atoms with Gasteiger partial charge in [-0.1, -0.05) is 14.8 Å². The normalized spacial score (nSPS) is 11.2. The van der Waals surface area contributed by atoms with Gasteiger partial charge in [0.05, 0.1) is 22.6 Å². The van der Waals surface area contributed by atoms with Crippen molar-refractivity contribution in [3.05, 3.63) is 46.8 Å². The molecule has 0 amide bonds. The maximum Gasteiger partial charge on any atom is 0.239 e. The first kappa shape index (κ1) is 28.9. The number of ether oxygens (including phenoxy) is 2. The molecule has 4 rings (SSSR count). The second-order valence-corrected chi connectivity index (χ2v) is 12.2. The summed E-state index contributed by atoms with van der Waals surface area (Å²) in [6.45, 7) is 8.05. The van der Waals surface area contributed by atoms with E-state index in [4.69, 9.17) is 19.4 Å². The van der Waals surface area contributed by atoms with Crippen LogP contribution in [0.4, 0.5) is 29.0 Å². The van der Waals surface area contributed by atoms with Gasteiger partial charge in [-0.2, -0.15) is 9.97 Å². The number of anilines is 5. The Morgan fingerprint density at radius 3 is 2.54 bits per heavy atom. The number of hydrogen-bond acceptors (Lipinski definition) is 10. The summed E-state index contributed by atoms with van der Waals surface area (Å²) in [5.41, 5.74) is 4.51. The highest BCUT2D eigenvalue weighted by Crippen LogP contribution is 2.35. The third-order valence-corrected chi connectivity index (χ3v) is 8.05. The van der Waals surface area contributed by atoms with E-state index in [0.29, 0.717) is 29.9 Å². The highest BCUT2D eigenvalue weighted by molar-refractivity contribution is 9.10. The molecular weight excluding hydrogens is 579 g/mol. The summed E-state index contributed by atoms with van der Waals surface area (Å²) in [7, 11) is 4.89. The highest BCUT2D eigenvalue weighted by atomic mass is 79.9. The summed E-state index contributed by atoms with van der Waals surface area (Å²) >= 11 is 3.60. The smallest absolute Gasteiger partial charge is 0.239 e. The summed E-state index contributed by atoms with van der Waals surface area (Å²) < 4.78 is 11.6. The molecule has 0 saturated heterocycles. The maximum absolute atomic E-state index is 5.65. The van der Waals surface area contributed by atoms with Gasteiger partial charge in [-0.3, -0.25) is 9.97 Å². The van der Waals surface area contributed by atoms with Crippen molar-refractivity contribution in [2.75, 3.05) is 63.3 Å². The molecule has 3 aromatic heterocycles. The van der Waals surface area contributed by atoms with Crippen molar-refractivity contribution in [2.45, 2.75) is 19.8 Å². The highest BCUT2D eigenvalue weighted by Gasteiger charge is 2.18. The molecular formula is C27H34BrN8O2P. The van der Waals surface area contributed by atoms with Gasteiger partial charge in [0.15, 0.2) is 0 Å². The summed E-state index contributed by atoms with van der Waals surface area (Å²) in [5, 5.41) is 7.93. The summed E-state index contributed by atoms with van der Waals surface area (Å²) in [5.74, 6) is 2.41. The fraction of sp³-hybridized carbons (Fsp3) is 0.370. The Labute approximate surface area is 238 Å². The van der Waals surface area contributed by atoms with E-state index in [-0.39, 0.29) is 0 Å². The van der Waals surface area contributed by atoms with Gasteiger partial charge in [0, 0.05) is 56.9 Å². The zero-order valence-electron chi connectivity index (χ0n) is 23.1. The lowest BCUT2D eigenvalue weighted by atomic mass is 10.1. The molecule has 0 radical (unpaired) electrons. The monoisotopic (exact) mass is 612 g/mol. The Bertz CT molecular complexity index is 1440. The molecule has 0 aliphatic carbocycles. The number of nitrogens with zero attached hydrogens (tertiary/aromatic N) is 6. The molecule has 10 nitrogen and oxygen atoms in total. The molecule has 0 fully saturated rings. The number of hydrogen-bond donors (Lipinski definition) is 2. The van der Waals surface area contributed by atoms with Crippen LogP contribution in [0.3, 0.4) is 0 Å². The molecule has 0 aliphatic rings. The molecule has 3 heterocycles. The summed E-state index contributed by atoms with van der Waals surface area (Å²) in [6, 6.07) is 6.05. The van der Waals surface area contributed by atoms with E-state index in [1.54, 1.807) is 32.8 Å². The lowest BCUT2D eigenvalue weighted by molar-refractivity contribution is 0.196. The predicted octanol–water partition coefficient (Wildman–Crippen LogP) is 5.48. The van der Waals surface area contributed by atoms with E-state index in [0.717, 1.165) is 57.3 Å². The van der Waals surface area contributed by atoms with Gasteiger partial charge in [0.2, 0.25) is 11.8 Å². The van der Waals surface area contributed by atoms with Gasteiger partial charge in [0.1, 0.15) is 17.3 Å². The lowest BCUT2D eigenvalue weighted by Crippen LogP contribution is -2.22. The number of aryl methyl sites for hydroxylation is 1. The molecule has 12 heteroatoms. The Kier molecular flexibility index (Phi) is 9.83. The average molecular weight is 614 g/mol. The van der Waals surface area contributed by atoms with Crippen LogP contribution in [0.2, 0.25) is 0 Å². The van der Waals surface area contributed by atoms with E-state index in [9.17, 15) is 0 Å². The quantitative estimate of drug-likeness (QED) is 0.158. The molecule has 0 bridgehead atoms. The average Bonchev–Trinajstić information content (AvgIpc) is 2.94. The molecule has 39 heavy (non-hydrogen) atoms. The first-order valence-corrected chi connectivity index (χ1v) is 15.6. The number of fused-ring (bicyclic) bond motifs is 1. The van der Waals surface area contributed by atoms with Gasteiger partial charge in [-0.25, -0.2) is 4.98 Å². The minimum atomic E-state index is -0.471. The lowest BCUT2D eigenvalue weighted by Gasteiger charge is -2.23. The van der Waals surface area contributed by atoms with Crippen LogP contribution in [0.1, 0.15) is 18.9 Å². The van der Waals surface area contributed by atoms with Gasteiger partial charge >= 0.3 is 0 Å². The topological polar surface area (TPSA) is 110 Å². The van der Waals surface area contributed by atoms with E-state index in [1.165, 1.54) is 0 Å². The number of rotatable bonds is 12. The van der Waals surface area contributed by atoms with Crippen molar-refractivity contribution in [3.8, 4) is 5.88 Å². The Morgan fingerprint density at radius 2 is 1.82 bits per heavy atom. The van der Waals surface area contributed by atoms with Gasteiger partial charge in [0.25, 0.3) is 0 Å². The largest absolute Gasteiger partial charge is 0.479 e. The first-order chi connectivity index (χ1) is 18.9. The van der Waals surface area contributed by atoms with Crippen LogP contribution in [0, 0.1) is 0 Å². The zero-order chi connectivity index (χ0) is 27.9. The summed E-state index contributed by atoms with van der Waals surface area (Å²) in [4.78, 5) is 25.3. The molecule has 0 saturated carbocycles. The van der Waals surface area contributed by atoms with Gasteiger partial charge < -0.3 is 25.0 Å². The van der Waals surface area contributed by atoms with Gasteiger partial charge in [-0.05, 0) is 65.9 Å². The third kappa shape index (κ3) is 6.72. The molecule has 0 unspecified atom stereocenters. The Hall–Kier alpha value is -3.14.